The Morgan fingerprint density at radius 3 is 2.47 bits per heavy atom. The summed E-state index contributed by atoms with van der Waals surface area (Å²) >= 11 is 3.22. The molecule has 0 saturated carbocycles. The molecule has 1 saturated heterocycles. The Kier molecular flexibility index (Phi) is 4.06. The van der Waals surface area contributed by atoms with Gasteiger partial charge >= 0.3 is 0 Å². The van der Waals surface area contributed by atoms with Crippen molar-refractivity contribution in [3.63, 3.8) is 0 Å². The largest absolute Gasteiger partial charge is 0.376 e. The van der Waals surface area contributed by atoms with Crippen molar-refractivity contribution in [2.24, 2.45) is 0 Å². The van der Waals surface area contributed by atoms with E-state index in [1.807, 2.05) is 0 Å². The lowest BCUT2D eigenvalue weighted by atomic mass is 10.1. The SMILES string of the molecule is Fc1cc(F)c(C(Br)C2COCCO2)cc1F. The van der Waals surface area contributed by atoms with Gasteiger partial charge in [-0.15, -0.1) is 0 Å². The first-order valence-corrected chi connectivity index (χ1v) is 5.99. The molecule has 1 fully saturated rings. The standard InChI is InChI=1S/C11H10BrF3O2/c12-11(10-5-16-1-2-17-10)6-3-8(14)9(15)4-7(6)13/h3-4,10-11H,1-2,5H2. The van der Waals surface area contributed by atoms with Crippen LogP contribution in [0.2, 0.25) is 0 Å². The Morgan fingerprint density at radius 2 is 1.82 bits per heavy atom. The average Bonchev–Trinajstić information content (AvgIpc) is 2.34. The number of benzene rings is 1. The summed E-state index contributed by atoms with van der Waals surface area (Å²) in [5.41, 5.74) is 0.0272. The molecule has 1 aromatic carbocycles. The fraction of sp³-hybridized carbons (Fsp3) is 0.455. The molecule has 1 heterocycles. The van der Waals surface area contributed by atoms with E-state index in [4.69, 9.17) is 9.47 Å². The Bertz CT molecular complexity index is 408. The van der Waals surface area contributed by atoms with Crippen LogP contribution in [0.5, 0.6) is 0 Å². The first-order valence-electron chi connectivity index (χ1n) is 5.07. The quantitative estimate of drug-likeness (QED) is 0.617. The van der Waals surface area contributed by atoms with Gasteiger partial charge in [0.1, 0.15) is 5.82 Å². The number of ether oxygens (including phenoxy) is 2. The minimum atomic E-state index is -1.20. The molecule has 94 valence electrons. The van der Waals surface area contributed by atoms with Crippen LogP contribution in [-0.4, -0.2) is 25.9 Å². The van der Waals surface area contributed by atoms with Gasteiger partial charge in [-0.1, -0.05) is 15.9 Å². The van der Waals surface area contributed by atoms with Gasteiger partial charge in [0.05, 0.1) is 30.8 Å². The summed E-state index contributed by atoms with van der Waals surface area (Å²) in [5, 5.41) is 0. The topological polar surface area (TPSA) is 18.5 Å². The van der Waals surface area contributed by atoms with Crippen LogP contribution in [-0.2, 0) is 9.47 Å². The molecule has 0 N–H and O–H groups in total. The third kappa shape index (κ3) is 2.81. The van der Waals surface area contributed by atoms with Crippen molar-refractivity contribution in [1.82, 2.24) is 0 Å². The molecule has 17 heavy (non-hydrogen) atoms. The second-order valence-electron chi connectivity index (χ2n) is 3.67. The highest BCUT2D eigenvalue weighted by molar-refractivity contribution is 9.09. The van der Waals surface area contributed by atoms with Gasteiger partial charge < -0.3 is 9.47 Å². The molecule has 0 aliphatic carbocycles. The molecule has 0 aromatic heterocycles. The molecule has 0 bridgehead atoms. The van der Waals surface area contributed by atoms with Gasteiger partial charge in [-0.05, 0) is 6.07 Å². The number of hydrogen-bond donors (Lipinski definition) is 0. The van der Waals surface area contributed by atoms with Crippen LogP contribution in [0.4, 0.5) is 13.2 Å². The molecular weight excluding hydrogens is 301 g/mol. The number of hydrogen-bond acceptors (Lipinski definition) is 2. The molecule has 2 nitrogen and oxygen atoms in total. The van der Waals surface area contributed by atoms with Crippen LogP contribution in [0.25, 0.3) is 0 Å². The number of rotatable bonds is 2. The van der Waals surface area contributed by atoms with E-state index in [9.17, 15) is 13.2 Å². The second kappa shape index (κ2) is 5.37. The molecule has 6 heteroatoms. The Hall–Kier alpha value is -0.590. The predicted molar refractivity (Wildman–Crippen MR) is 58.5 cm³/mol. The monoisotopic (exact) mass is 310 g/mol. The lowest BCUT2D eigenvalue weighted by Crippen LogP contribution is -2.32. The van der Waals surface area contributed by atoms with E-state index >= 15 is 0 Å². The zero-order chi connectivity index (χ0) is 12.4. The molecule has 2 rings (SSSR count). The van der Waals surface area contributed by atoms with Crippen molar-refractivity contribution in [3.8, 4) is 0 Å². The molecule has 0 amide bonds. The summed E-state index contributed by atoms with van der Waals surface area (Å²) in [4.78, 5) is -0.571. The first kappa shape index (κ1) is 12.9. The maximum atomic E-state index is 13.5. The van der Waals surface area contributed by atoms with Crippen LogP contribution in [0, 0.1) is 17.5 Å². The Balaban J connectivity index is 2.23. The molecule has 0 spiro atoms. The van der Waals surface area contributed by atoms with Gasteiger partial charge in [0.2, 0.25) is 0 Å². The fourth-order valence-corrected chi connectivity index (χ4v) is 2.28. The van der Waals surface area contributed by atoms with Crippen LogP contribution < -0.4 is 0 Å². The van der Waals surface area contributed by atoms with E-state index in [1.165, 1.54) is 0 Å². The second-order valence-corrected chi connectivity index (χ2v) is 4.66. The summed E-state index contributed by atoms with van der Waals surface area (Å²) in [6.45, 7) is 1.17. The first-order chi connectivity index (χ1) is 8.09. The minimum absolute atomic E-state index is 0.0272. The van der Waals surface area contributed by atoms with Crippen molar-refractivity contribution >= 4 is 15.9 Å². The highest BCUT2D eigenvalue weighted by Crippen LogP contribution is 2.32. The van der Waals surface area contributed by atoms with E-state index < -0.39 is 28.4 Å². The van der Waals surface area contributed by atoms with Crippen molar-refractivity contribution in [2.45, 2.75) is 10.9 Å². The van der Waals surface area contributed by atoms with Gasteiger partial charge in [0, 0.05) is 11.6 Å². The van der Waals surface area contributed by atoms with Gasteiger partial charge in [-0.3, -0.25) is 0 Å². The van der Waals surface area contributed by atoms with Crippen LogP contribution in [0.1, 0.15) is 10.4 Å². The van der Waals surface area contributed by atoms with Gasteiger partial charge in [0.25, 0.3) is 0 Å². The molecular formula is C11H10BrF3O2. The van der Waals surface area contributed by atoms with E-state index in [0.29, 0.717) is 19.3 Å². The van der Waals surface area contributed by atoms with Crippen molar-refractivity contribution in [3.05, 3.63) is 35.1 Å². The van der Waals surface area contributed by atoms with E-state index in [-0.39, 0.29) is 12.2 Å². The molecule has 0 radical (unpaired) electrons. The average molecular weight is 311 g/mol. The van der Waals surface area contributed by atoms with Gasteiger partial charge in [-0.25, -0.2) is 13.2 Å². The van der Waals surface area contributed by atoms with Crippen molar-refractivity contribution in [1.29, 1.82) is 0 Å². The maximum Gasteiger partial charge on any atom is 0.161 e. The van der Waals surface area contributed by atoms with Crippen LogP contribution in [0.15, 0.2) is 12.1 Å². The molecule has 1 aromatic rings. The summed E-state index contributed by atoms with van der Waals surface area (Å²) in [5.74, 6) is -3.09. The summed E-state index contributed by atoms with van der Waals surface area (Å²) in [7, 11) is 0. The minimum Gasteiger partial charge on any atom is -0.376 e. The third-order valence-corrected chi connectivity index (χ3v) is 3.59. The van der Waals surface area contributed by atoms with Crippen molar-refractivity contribution in [2.75, 3.05) is 19.8 Å². The van der Waals surface area contributed by atoms with Crippen molar-refractivity contribution < 1.29 is 22.6 Å². The number of halogens is 4. The molecule has 2 unspecified atom stereocenters. The molecule has 1 aliphatic heterocycles. The molecule has 2 atom stereocenters. The van der Waals surface area contributed by atoms with Crippen LogP contribution in [0.3, 0.4) is 0 Å². The molecule has 1 aliphatic rings. The lowest BCUT2D eigenvalue weighted by Gasteiger charge is -2.27. The summed E-state index contributed by atoms with van der Waals surface area (Å²) in [6.07, 6.45) is -0.414. The van der Waals surface area contributed by atoms with Crippen LogP contribution >= 0.6 is 15.9 Å². The highest BCUT2D eigenvalue weighted by Gasteiger charge is 2.27. The van der Waals surface area contributed by atoms with E-state index in [1.54, 1.807) is 0 Å². The zero-order valence-electron chi connectivity index (χ0n) is 8.76. The third-order valence-electron chi connectivity index (χ3n) is 2.50. The van der Waals surface area contributed by atoms with Gasteiger partial charge in [0.15, 0.2) is 11.6 Å². The van der Waals surface area contributed by atoms with Gasteiger partial charge in [-0.2, -0.15) is 0 Å². The predicted octanol–water partition coefficient (Wildman–Crippen LogP) is 2.96. The zero-order valence-corrected chi connectivity index (χ0v) is 10.3. The summed E-state index contributed by atoms with van der Waals surface area (Å²) in [6, 6.07) is 1.37. The summed E-state index contributed by atoms with van der Waals surface area (Å²) < 4.78 is 49.9. The lowest BCUT2D eigenvalue weighted by molar-refractivity contribution is -0.0879. The van der Waals surface area contributed by atoms with E-state index in [0.717, 1.165) is 6.07 Å². The highest BCUT2D eigenvalue weighted by atomic mass is 79.9. The Morgan fingerprint density at radius 1 is 1.12 bits per heavy atom. The Labute approximate surface area is 105 Å². The maximum absolute atomic E-state index is 13.5. The fourth-order valence-electron chi connectivity index (χ4n) is 1.62. The number of alkyl halides is 1. The normalized spacial score (nSPS) is 22.5. The smallest absolute Gasteiger partial charge is 0.161 e. The van der Waals surface area contributed by atoms with E-state index in [2.05, 4.69) is 15.9 Å².